The first kappa shape index (κ1) is 13.6. The summed E-state index contributed by atoms with van der Waals surface area (Å²) in [4.78, 5) is 24.7. The topological polar surface area (TPSA) is 70.8 Å². The maximum atomic E-state index is 12.2. The molecule has 1 saturated heterocycles. The van der Waals surface area contributed by atoms with Crippen LogP contribution in [0.5, 0.6) is 0 Å². The molecule has 1 fully saturated rings. The van der Waals surface area contributed by atoms with Gasteiger partial charge in [0.25, 0.3) is 5.91 Å². The van der Waals surface area contributed by atoms with E-state index in [-0.39, 0.29) is 17.4 Å². The van der Waals surface area contributed by atoms with Crippen LogP contribution in [0.1, 0.15) is 53.7 Å². The van der Waals surface area contributed by atoms with Crippen LogP contribution >= 0.6 is 0 Å². The lowest BCUT2D eigenvalue weighted by Crippen LogP contribution is -2.31. The molecule has 1 N–H and O–H groups in total. The minimum Gasteiger partial charge on any atom is -0.475 e. The molecule has 2 rings (SSSR count). The van der Waals surface area contributed by atoms with Crippen molar-refractivity contribution in [2.45, 2.75) is 32.6 Å². The average molecular weight is 265 g/mol. The summed E-state index contributed by atoms with van der Waals surface area (Å²) in [6.07, 6.45) is 4.30. The summed E-state index contributed by atoms with van der Waals surface area (Å²) in [5.74, 6) is -0.744. The Morgan fingerprint density at radius 1 is 1.32 bits per heavy atom. The number of nitrogens with zero attached hydrogens (tertiary/aromatic N) is 1. The van der Waals surface area contributed by atoms with E-state index in [1.807, 2.05) is 0 Å². The zero-order valence-electron chi connectivity index (χ0n) is 11.1. The molecule has 1 aliphatic heterocycles. The van der Waals surface area contributed by atoms with Gasteiger partial charge in [0.1, 0.15) is 0 Å². The number of rotatable bonds is 3. The van der Waals surface area contributed by atoms with Gasteiger partial charge in [0.2, 0.25) is 5.76 Å². The zero-order chi connectivity index (χ0) is 13.8. The molecule has 104 valence electrons. The van der Waals surface area contributed by atoms with Crippen LogP contribution in [0.25, 0.3) is 0 Å². The van der Waals surface area contributed by atoms with Gasteiger partial charge in [-0.15, -0.1) is 0 Å². The van der Waals surface area contributed by atoms with Crippen LogP contribution in [0.4, 0.5) is 0 Å². The molecular weight excluding hydrogens is 246 g/mol. The Morgan fingerprint density at radius 2 is 2.05 bits per heavy atom. The molecule has 1 aromatic rings. The van der Waals surface area contributed by atoms with Gasteiger partial charge in [0.15, 0.2) is 5.76 Å². The molecule has 5 nitrogen and oxygen atoms in total. The number of furan rings is 1. The Bertz CT molecular complexity index is 466. The maximum absolute atomic E-state index is 12.2. The van der Waals surface area contributed by atoms with Gasteiger partial charge < -0.3 is 14.4 Å². The second-order valence-corrected chi connectivity index (χ2v) is 4.97. The Labute approximate surface area is 112 Å². The van der Waals surface area contributed by atoms with E-state index in [0.29, 0.717) is 5.92 Å². The number of carbonyl (C=O) groups excluding carboxylic acids is 1. The van der Waals surface area contributed by atoms with Crippen molar-refractivity contribution < 1.29 is 19.1 Å². The highest BCUT2D eigenvalue weighted by atomic mass is 16.4. The van der Waals surface area contributed by atoms with Crippen molar-refractivity contribution in [1.82, 2.24) is 4.90 Å². The summed E-state index contributed by atoms with van der Waals surface area (Å²) in [5.41, 5.74) is 0. The molecule has 0 bridgehead atoms. The zero-order valence-corrected chi connectivity index (χ0v) is 11.1. The van der Waals surface area contributed by atoms with Gasteiger partial charge in [0, 0.05) is 13.1 Å². The van der Waals surface area contributed by atoms with Crippen LogP contribution in [-0.4, -0.2) is 35.0 Å². The van der Waals surface area contributed by atoms with Crippen molar-refractivity contribution in [3.63, 3.8) is 0 Å². The van der Waals surface area contributed by atoms with E-state index in [0.717, 1.165) is 38.8 Å². The van der Waals surface area contributed by atoms with Gasteiger partial charge >= 0.3 is 5.97 Å². The quantitative estimate of drug-likeness (QED) is 0.912. The fourth-order valence-electron chi connectivity index (χ4n) is 2.50. The summed E-state index contributed by atoms with van der Waals surface area (Å²) in [5, 5.41) is 8.78. The molecular formula is C14H19NO4. The Kier molecular flexibility index (Phi) is 4.24. The molecule has 2 heterocycles. The second kappa shape index (κ2) is 5.91. The molecule has 0 aliphatic carbocycles. The van der Waals surface area contributed by atoms with Crippen molar-refractivity contribution in [1.29, 1.82) is 0 Å². The first-order valence-corrected chi connectivity index (χ1v) is 6.74. The number of amides is 1. The Morgan fingerprint density at radius 3 is 2.68 bits per heavy atom. The highest BCUT2D eigenvalue weighted by molar-refractivity contribution is 5.93. The van der Waals surface area contributed by atoms with E-state index in [9.17, 15) is 9.59 Å². The summed E-state index contributed by atoms with van der Waals surface area (Å²) < 4.78 is 5.06. The monoisotopic (exact) mass is 265 g/mol. The molecule has 0 spiro atoms. The predicted octanol–water partition coefficient (Wildman–Crippen LogP) is 2.63. The van der Waals surface area contributed by atoms with E-state index in [1.54, 1.807) is 4.90 Å². The fraction of sp³-hybridized carbons (Fsp3) is 0.571. The first-order valence-electron chi connectivity index (χ1n) is 6.74. The van der Waals surface area contributed by atoms with E-state index >= 15 is 0 Å². The number of carboxylic acids is 1. The normalized spacial score (nSPS) is 20.1. The number of aromatic carboxylic acids is 1. The highest BCUT2D eigenvalue weighted by Crippen LogP contribution is 2.21. The lowest BCUT2D eigenvalue weighted by Gasteiger charge is -2.19. The number of carbonyl (C=O) groups is 2. The average Bonchev–Trinajstić information content (AvgIpc) is 2.77. The fourth-order valence-corrected chi connectivity index (χ4v) is 2.50. The third-order valence-electron chi connectivity index (χ3n) is 3.74. The molecule has 5 heteroatoms. The van der Waals surface area contributed by atoms with Crippen molar-refractivity contribution in [3.05, 3.63) is 23.7 Å². The number of hydrogen-bond donors (Lipinski definition) is 1. The standard InChI is InChI=1S/C14H19NO4/c1-2-10-4-3-8-15(9-7-10)13(16)11-5-6-12(19-11)14(17)18/h5-6,10H,2-4,7-9H2,1H3,(H,17,18)/t10-/m0/s1. The van der Waals surface area contributed by atoms with Crippen molar-refractivity contribution in [2.24, 2.45) is 5.92 Å². The number of hydrogen-bond acceptors (Lipinski definition) is 3. The minimum absolute atomic E-state index is 0.118. The largest absolute Gasteiger partial charge is 0.475 e. The van der Waals surface area contributed by atoms with Gasteiger partial charge in [-0.2, -0.15) is 0 Å². The summed E-state index contributed by atoms with van der Waals surface area (Å²) >= 11 is 0. The third kappa shape index (κ3) is 3.16. The van der Waals surface area contributed by atoms with Gasteiger partial charge in [-0.25, -0.2) is 4.79 Å². The van der Waals surface area contributed by atoms with Crippen molar-refractivity contribution in [3.8, 4) is 0 Å². The van der Waals surface area contributed by atoms with Gasteiger partial charge in [-0.05, 0) is 37.3 Å². The molecule has 0 aromatic carbocycles. The summed E-state index contributed by atoms with van der Waals surface area (Å²) in [6.45, 7) is 3.62. The number of likely N-dealkylation sites (tertiary alicyclic amines) is 1. The van der Waals surface area contributed by atoms with E-state index < -0.39 is 5.97 Å². The lowest BCUT2D eigenvalue weighted by atomic mass is 9.98. The lowest BCUT2D eigenvalue weighted by molar-refractivity contribution is 0.0650. The Hall–Kier alpha value is -1.78. The molecule has 0 radical (unpaired) electrons. The highest BCUT2D eigenvalue weighted by Gasteiger charge is 2.23. The minimum atomic E-state index is -1.15. The molecule has 1 atom stereocenters. The van der Waals surface area contributed by atoms with Crippen molar-refractivity contribution in [2.75, 3.05) is 13.1 Å². The van der Waals surface area contributed by atoms with Crippen LogP contribution in [0.15, 0.2) is 16.5 Å². The second-order valence-electron chi connectivity index (χ2n) is 4.97. The molecule has 0 unspecified atom stereocenters. The van der Waals surface area contributed by atoms with Crippen LogP contribution in [-0.2, 0) is 0 Å². The van der Waals surface area contributed by atoms with Crippen molar-refractivity contribution >= 4 is 11.9 Å². The smallest absolute Gasteiger partial charge is 0.371 e. The van der Waals surface area contributed by atoms with Crippen LogP contribution in [0, 0.1) is 5.92 Å². The van der Waals surface area contributed by atoms with Crippen LogP contribution in [0.3, 0.4) is 0 Å². The first-order chi connectivity index (χ1) is 9.11. The van der Waals surface area contributed by atoms with E-state index in [4.69, 9.17) is 9.52 Å². The molecule has 0 saturated carbocycles. The van der Waals surface area contributed by atoms with Gasteiger partial charge in [-0.3, -0.25) is 4.79 Å². The van der Waals surface area contributed by atoms with Crippen LogP contribution < -0.4 is 0 Å². The predicted molar refractivity (Wildman–Crippen MR) is 69.2 cm³/mol. The van der Waals surface area contributed by atoms with Gasteiger partial charge in [0.05, 0.1) is 0 Å². The number of carboxylic acid groups (broad SMARTS) is 1. The third-order valence-corrected chi connectivity index (χ3v) is 3.74. The van der Waals surface area contributed by atoms with E-state index in [1.165, 1.54) is 12.1 Å². The maximum Gasteiger partial charge on any atom is 0.371 e. The molecule has 1 aromatic heterocycles. The Balaban J connectivity index is 2.04. The SMILES string of the molecule is CC[C@H]1CCCN(C(=O)c2ccc(C(=O)O)o2)CC1. The molecule has 19 heavy (non-hydrogen) atoms. The summed E-state index contributed by atoms with van der Waals surface area (Å²) in [6, 6.07) is 2.76. The summed E-state index contributed by atoms with van der Waals surface area (Å²) in [7, 11) is 0. The molecule has 1 aliphatic rings. The van der Waals surface area contributed by atoms with Crippen LogP contribution in [0.2, 0.25) is 0 Å². The molecule has 1 amide bonds. The van der Waals surface area contributed by atoms with E-state index in [2.05, 4.69) is 6.92 Å². The van der Waals surface area contributed by atoms with Gasteiger partial charge in [-0.1, -0.05) is 13.3 Å².